The van der Waals surface area contributed by atoms with E-state index in [-0.39, 0.29) is 29.9 Å². The van der Waals surface area contributed by atoms with Gasteiger partial charge in [-0.2, -0.15) is 0 Å². The molecule has 2 amide bonds. The third kappa shape index (κ3) is 5.57. The zero-order chi connectivity index (χ0) is 21.2. The minimum absolute atomic E-state index is 0.00359. The summed E-state index contributed by atoms with van der Waals surface area (Å²) in [6.45, 7) is 8.65. The summed E-state index contributed by atoms with van der Waals surface area (Å²) in [6, 6.07) is 7.77. The first kappa shape index (κ1) is 21.8. The molecule has 3 rings (SSSR count). The van der Waals surface area contributed by atoms with Gasteiger partial charge in [0.1, 0.15) is 0 Å². The molecule has 1 aromatic carbocycles. The molecule has 0 saturated carbocycles. The van der Waals surface area contributed by atoms with E-state index in [2.05, 4.69) is 19.2 Å². The number of carbonyl (C=O) groups excluding carboxylic acids is 2. The van der Waals surface area contributed by atoms with Crippen LogP contribution in [0.2, 0.25) is 0 Å². The zero-order valence-corrected chi connectivity index (χ0v) is 18.3. The predicted octanol–water partition coefficient (Wildman–Crippen LogP) is 1.26. The number of rotatable bonds is 5. The molecule has 0 aromatic heterocycles. The molecule has 0 bridgehead atoms. The van der Waals surface area contributed by atoms with Crippen LogP contribution < -0.4 is 5.32 Å². The SMILES string of the molecule is CC(C)c1ccc(C(=O)N2CCN(CC(=O)NC3(C)CCS(=O)(=O)C3)CC2)cc1. The molecular formula is C21H31N3O4S. The number of amides is 2. The van der Waals surface area contributed by atoms with Crippen LogP contribution in [-0.2, 0) is 14.6 Å². The fourth-order valence-electron chi connectivity index (χ4n) is 3.99. The summed E-state index contributed by atoms with van der Waals surface area (Å²) in [7, 11) is -3.06. The minimum atomic E-state index is -3.06. The molecule has 0 spiro atoms. The third-order valence-corrected chi connectivity index (χ3v) is 7.70. The van der Waals surface area contributed by atoms with Crippen LogP contribution in [0.4, 0.5) is 0 Å². The van der Waals surface area contributed by atoms with Gasteiger partial charge in [-0.3, -0.25) is 14.5 Å². The van der Waals surface area contributed by atoms with Gasteiger partial charge in [-0.15, -0.1) is 0 Å². The Hall–Kier alpha value is -1.93. The van der Waals surface area contributed by atoms with Gasteiger partial charge in [0, 0.05) is 31.7 Å². The number of sulfone groups is 1. The van der Waals surface area contributed by atoms with E-state index in [9.17, 15) is 18.0 Å². The minimum Gasteiger partial charge on any atom is -0.349 e. The molecule has 1 N–H and O–H groups in total. The van der Waals surface area contributed by atoms with E-state index in [1.165, 1.54) is 5.56 Å². The van der Waals surface area contributed by atoms with Gasteiger partial charge < -0.3 is 10.2 Å². The van der Waals surface area contributed by atoms with Gasteiger partial charge in [0.2, 0.25) is 5.91 Å². The fraction of sp³-hybridized carbons (Fsp3) is 0.619. The molecule has 8 heteroatoms. The summed E-state index contributed by atoms with van der Waals surface area (Å²) < 4.78 is 23.4. The maximum atomic E-state index is 12.7. The van der Waals surface area contributed by atoms with E-state index >= 15 is 0 Å². The monoisotopic (exact) mass is 421 g/mol. The number of benzene rings is 1. The van der Waals surface area contributed by atoms with Gasteiger partial charge in [0.05, 0.1) is 23.6 Å². The molecule has 29 heavy (non-hydrogen) atoms. The van der Waals surface area contributed by atoms with Gasteiger partial charge >= 0.3 is 0 Å². The van der Waals surface area contributed by atoms with Crippen molar-refractivity contribution in [1.29, 1.82) is 0 Å². The lowest BCUT2D eigenvalue weighted by Gasteiger charge is -2.35. The van der Waals surface area contributed by atoms with Crippen molar-refractivity contribution in [3.8, 4) is 0 Å². The van der Waals surface area contributed by atoms with Crippen molar-refractivity contribution in [3.63, 3.8) is 0 Å². The van der Waals surface area contributed by atoms with E-state index in [0.29, 0.717) is 44.1 Å². The molecule has 0 radical (unpaired) electrons. The van der Waals surface area contributed by atoms with Crippen molar-refractivity contribution in [2.24, 2.45) is 0 Å². The number of hydrogen-bond donors (Lipinski definition) is 1. The highest BCUT2D eigenvalue weighted by atomic mass is 32.2. The van der Waals surface area contributed by atoms with E-state index < -0.39 is 15.4 Å². The molecule has 2 saturated heterocycles. The first-order valence-corrected chi connectivity index (χ1v) is 12.0. The molecule has 160 valence electrons. The van der Waals surface area contributed by atoms with Crippen molar-refractivity contribution in [1.82, 2.24) is 15.1 Å². The van der Waals surface area contributed by atoms with Crippen LogP contribution in [0.25, 0.3) is 0 Å². The van der Waals surface area contributed by atoms with Crippen LogP contribution in [0.1, 0.15) is 49.0 Å². The second kappa shape index (κ2) is 8.44. The summed E-state index contributed by atoms with van der Waals surface area (Å²) in [6.07, 6.45) is 0.457. The molecule has 7 nitrogen and oxygen atoms in total. The molecule has 1 atom stereocenters. The first-order chi connectivity index (χ1) is 13.6. The van der Waals surface area contributed by atoms with Crippen molar-refractivity contribution in [2.45, 2.75) is 38.6 Å². The highest BCUT2D eigenvalue weighted by molar-refractivity contribution is 7.91. The largest absolute Gasteiger partial charge is 0.349 e. The van der Waals surface area contributed by atoms with E-state index in [0.717, 1.165) is 0 Å². The molecular weight excluding hydrogens is 390 g/mol. The Bertz CT molecular complexity index is 858. The van der Waals surface area contributed by atoms with Crippen molar-refractivity contribution >= 4 is 21.7 Å². The Morgan fingerprint density at radius 1 is 1.10 bits per heavy atom. The quantitative estimate of drug-likeness (QED) is 0.774. The van der Waals surface area contributed by atoms with E-state index in [4.69, 9.17) is 0 Å². The van der Waals surface area contributed by atoms with Gasteiger partial charge in [-0.25, -0.2) is 8.42 Å². The van der Waals surface area contributed by atoms with Crippen molar-refractivity contribution in [3.05, 3.63) is 35.4 Å². The highest BCUT2D eigenvalue weighted by Gasteiger charge is 2.39. The summed E-state index contributed by atoms with van der Waals surface area (Å²) >= 11 is 0. The van der Waals surface area contributed by atoms with Gasteiger partial charge in [-0.1, -0.05) is 26.0 Å². The Morgan fingerprint density at radius 2 is 1.72 bits per heavy atom. The second-order valence-corrected chi connectivity index (χ2v) is 11.0. The first-order valence-electron chi connectivity index (χ1n) is 10.2. The maximum absolute atomic E-state index is 12.7. The molecule has 0 aliphatic carbocycles. The van der Waals surface area contributed by atoms with Crippen LogP contribution in [0, 0.1) is 0 Å². The summed E-state index contributed by atoms with van der Waals surface area (Å²) in [5.41, 5.74) is 1.23. The van der Waals surface area contributed by atoms with Crippen molar-refractivity contribution < 1.29 is 18.0 Å². The number of nitrogens with one attached hydrogen (secondary N) is 1. The van der Waals surface area contributed by atoms with Crippen LogP contribution in [0.3, 0.4) is 0 Å². The number of carbonyl (C=O) groups is 2. The lowest BCUT2D eigenvalue weighted by atomic mass is 10.0. The molecule has 1 unspecified atom stereocenters. The Labute approximate surface area is 173 Å². The molecule has 1 aromatic rings. The average Bonchev–Trinajstić information content (AvgIpc) is 2.94. The van der Waals surface area contributed by atoms with Crippen LogP contribution in [-0.4, -0.2) is 79.8 Å². The Balaban J connectivity index is 1.47. The smallest absolute Gasteiger partial charge is 0.253 e. The average molecular weight is 422 g/mol. The molecule has 2 aliphatic rings. The van der Waals surface area contributed by atoms with Crippen LogP contribution in [0.15, 0.2) is 24.3 Å². The topological polar surface area (TPSA) is 86.8 Å². The van der Waals surface area contributed by atoms with Crippen molar-refractivity contribution in [2.75, 3.05) is 44.2 Å². The van der Waals surface area contributed by atoms with E-state index in [1.54, 1.807) is 6.92 Å². The van der Waals surface area contributed by atoms with E-state index in [1.807, 2.05) is 34.1 Å². The summed E-state index contributed by atoms with van der Waals surface area (Å²) in [5.74, 6) is 0.425. The summed E-state index contributed by atoms with van der Waals surface area (Å²) in [5, 5.41) is 2.89. The standard InChI is InChI=1S/C21H31N3O4S/c1-16(2)17-4-6-18(7-5-17)20(26)24-11-9-23(10-12-24)14-19(25)22-21(3)8-13-29(27,28)15-21/h4-7,16H,8-15H2,1-3H3,(H,22,25). The third-order valence-electron chi connectivity index (χ3n) is 5.80. The van der Waals surface area contributed by atoms with Crippen LogP contribution in [0.5, 0.6) is 0 Å². The molecule has 2 heterocycles. The molecule has 2 aliphatic heterocycles. The normalized spacial score (nSPS) is 24.6. The number of nitrogens with zero attached hydrogens (tertiary/aromatic N) is 2. The fourth-order valence-corrected chi connectivity index (χ4v) is 6.08. The van der Waals surface area contributed by atoms with Gasteiger partial charge in [0.15, 0.2) is 9.84 Å². The highest BCUT2D eigenvalue weighted by Crippen LogP contribution is 2.22. The lowest BCUT2D eigenvalue weighted by molar-refractivity contribution is -0.124. The van der Waals surface area contributed by atoms with Gasteiger partial charge in [-0.05, 0) is 37.0 Å². The molecule has 2 fully saturated rings. The van der Waals surface area contributed by atoms with Crippen LogP contribution >= 0.6 is 0 Å². The number of piperazine rings is 1. The lowest BCUT2D eigenvalue weighted by Crippen LogP contribution is -2.54. The Morgan fingerprint density at radius 3 is 2.24 bits per heavy atom. The van der Waals surface area contributed by atoms with Gasteiger partial charge in [0.25, 0.3) is 5.91 Å². The summed E-state index contributed by atoms with van der Waals surface area (Å²) in [4.78, 5) is 28.9. The zero-order valence-electron chi connectivity index (χ0n) is 17.5. The maximum Gasteiger partial charge on any atom is 0.253 e. The Kier molecular flexibility index (Phi) is 6.33. The number of hydrogen-bond acceptors (Lipinski definition) is 5. The predicted molar refractivity (Wildman–Crippen MR) is 113 cm³/mol. The second-order valence-electron chi connectivity index (χ2n) is 8.80.